The number of rotatable bonds is 4. The van der Waals surface area contributed by atoms with Gasteiger partial charge in [-0.15, -0.1) is 0 Å². The summed E-state index contributed by atoms with van der Waals surface area (Å²) in [6.45, 7) is 12.6. The minimum absolute atomic E-state index is 0.693. The van der Waals surface area contributed by atoms with Gasteiger partial charge in [0.2, 0.25) is 0 Å². The normalized spacial score (nSPS) is 27.0. The summed E-state index contributed by atoms with van der Waals surface area (Å²) in [5.41, 5.74) is 4.32. The van der Waals surface area contributed by atoms with E-state index in [2.05, 4.69) is 58.1 Å². The summed E-state index contributed by atoms with van der Waals surface area (Å²) in [6.07, 6.45) is 4.14. The Morgan fingerprint density at radius 3 is 2.65 bits per heavy atom. The maximum atomic E-state index is 3.87. The van der Waals surface area contributed by atoms with Crippen LogP contribution in [0.25, 0.3) is 0 Å². The van der Waals surface area contributed by atoms with E-state index in [1.54, 1.807) is 0 Å². The molecule has 1 fully saturated rings. The summed E-state index contributed by atoms with van der Waals surface area (Å²) >= 11 is 0. The lowest BCUT2D eigenvalue weighted by Crippen LogP contribution is -2.42. The van der Waals surface area contributed by atoms with E-state index in [1.165, 1.54) is 36.0 Å². The lowest BCUT2D eigenvalue weighted by Gasteiger charge is -2.38. The monoisotopic (exact) mass is 273 g/mol. The fourth-order valence-corrected chi connectivity index (χ4v) is 3.68. The van der Waals surface area contributed by atoms with Crippen molar-refractivity contribution in [1.82, 2.24) is 5.32 Å². The van der Waals surface area contributed by atoms with Gasteiger partial charge in [0.1, 0.15) is 0 Å². The molecule has 20 heavy (non-hydrogen) atoms. The molecule has 1 aromatic rings. The van der Waals surface area contributed by atoms with Crippen molar-refractivity contribution in [1.29, 1.82) is 0 Å². The second-order valence-electron chi connectivity index (χ2n) is 7.17. The van der Waals surface area contributed by atoms with Gasteiger partial charge < -0.3 is 5.32 Å². The molecule has 0 aliphatic heterocycles. The van der Waals surface area contributed by atoms with Crippen LogP contribution in [0.4, 0.5) is 0 Å². The molecule has 1 aliphatic carbocycles. The molecule has 3 unspecified atom stereocenters. The molecular formula is C19H31N. The second-order valence-corrected chi connectivity index (χ2v) is 7.17. The van der Waals surface area contributed by atoms with E-state index in [0.29, 0.717) is 6.04 Å². The molecule has 0 bridgehead atoms. The van der Waals surface area contributed by atoms with Crippen molar-refractivity contribution in [2.45, 2.75) is 66.5 Å². The van der Waals surface area contributed by atoms with E-state index in [4.69, 9.17) is 0 Å². The van der Waals surface area contributed by atoms with Gasteiger partial charge in [0, 0.05) is 12.6 Å². The van der Waals surface area contributed by atoms with Crippen LogP contribution in [-0.2, 0) is 6.54 Å². The van der Waals surface area contributed by atoms with Gasteiger partial charge in [-0.25, -0.2) is 0 Å². The van der Waals surface area contributed by atoms with Crippen molar-refractivity contribution >= 4 is 0 Å². The first-order valence-electron chi connectivity index (χ1n) is 8.27. The average Bonchev–Trinajstić information content (AvgIpc) is 2.40. The second kappa shape index (κ2) is 6.76. The van der Waals surface area contributed by atoms with Crippen molar-refractivity contribution in [3.63, 3.8) is 0 Å². The minimum atomic E-state index is 0.693. The van der Waals surface area contributed by atoms with Crippen LogP contribution in [0, 0.1) is 31.6 Å². The van der Waals surface area contributed by atoms with Crippen LogP contribution in [0.3, 0.4) is 0 Å². The first-order chi connectivity index (χ1) is 9.49. The third-order valence-corrected chi connectivity index (χ3v) is 5.29. The Bertz CT molecular complexity index is 435. The molecule has 0 spiro atoms. The fourth-order valence-electron chi connectivity index (χ4n) is 3.68. The first kappa shape index (κ1) is 15.6. The number of nitrogens with one attached hydrogen (secondary N) is 1. The zero-order valence-electron chi connectivity index (χ0n) is 13.9. The molecule has 1 aromatic carbocycles. The van der Waals surface area contributed by atoms with E-state index in [0.717, 1.165) is 24.3 Å². The molecular weight excluding hydrogens is 242 g/mol. The molecule has 3 atom stereocenters. The van der Waals surface area contributed by atoms with Crippen molar-refractivity contribution in [2.24, 2.45) is 17.8 Å². The summed E-state index contributed by atoms with van der Waals surface area (Å²) in [5, 5.41) is 3.87. The highest BCUT2D eigenvalue weighted by Gasteiger charge is 2.30. The van der Waals surface area contributed by atoms with Gasteiger partial charge >= 0.3 is 0 Å². The topological polar surface area (TPSA) is 12.0 Å². The van der Waals surface area contributed by atoms with Gasteiger partial charge in [-0.1, -0.05) is 45.4 Å². The van der Waals surface area contributed by atoms with Crippen LogP contribution in [0.1, 0.15) is 56.7 Å². The zero-order valence-corrected chi connectivity index (χ0v) is 13.9. The fraction of sp³-hybridized carbons (Fsp3) is 0.684. The van der Waals surface area contributed by atoms with E-state index < -0.39 is 0 Å². The molecule has 0 heterocycles. The molecule has 0 radical (unpaired) electrons. The average molecular weight is 273 g/mol. The van der Waals surface area contributed by atoms with Crippen molar-refractivity contribution < 1.29 is 0 Å². The maximum absolute atomic E-state index is 3.87. The van der Waals surface area contributed by atoms with Crippen LogP contribution >= 0.6 is 0 Å². The van der Waals surface area contributed by atoms with Gasteiger partial charge in [-0.2, -0.15) is 0 Å². The SMILES string of the molecule is Cc1cccc(CNC2CC(C)CCC2C(C)C)c1C. The van der Waals surface area contributed by atoms with Crippen LogP contribution in [0.5, 0.6) is 0 Å². The number of hydrogen-bond donors (Lipinski definition) is 1. The van der Waals surface area contributed by atoms with E-state index in [1.807, 2.05) is 0 Å². The van der Waals surface area contributed by atoms with Crippen LogP contribution in [0.2, 0.25) is 0 Å². The van der Waals surface area contributed by atoms with E-state index >= 15 is 0 Å². The Kier molecular flexibility index (Phi) is 5.26. The van der Waals surface area contributed by atoms with E-state index in [9.17, 15) is 0 Å². The predicted octanol–water partition coefficient (Wildman–Crippen LogP) is 4.85. The summed E-state index contributed by atoms with van der Waals surface area (Å²) in [4.78, 5) is 0. The number of aryl methyl sites for hydroxylation is 1. The van der Waals surface area contributed by atoms with Crippen LogP contribution in [0.15, 0.2) is 18.2 Å². The van der Waals surface area contributed by atoms with Crippen molar-refractivity contribution in [3.05, 3.63) is 34.9 Å². The van der Waals surface area contributed by atoms with Gasteiger partial charge in [-0.05, 0) is 61.1 Å². The molecule has 0 saturated heterocycles. The highest BCUT2D eigenvalue weighted by atomic mass is 14.9. The Morgan fingerprint density at radius 1 is 1.20 bits per heavy atom. The molecule has 2 rings (SSSR count). The summed E-state index contributed by atoms with van der Waals surface area (Å²) in [7, 11) is 0. The Hall–Kier alpha value is -0.820. The van der Waals surface area contributed by atoms with Crippen molar-refractivity contribution in [2.75, 3.05) is 0 Å². The molecule has 0 aromatic heterocycles. The largest absolute Gasteiger partial charge is 0.310 e. The zero-order chi connectivity index (χ0) is 14.7. The molecule has 1 N–H and O–H groups in total. The Labute approximate surface area is 125 Å². The Morgan fingerprint density at radius 2 is 1.95 bits per heavy atom. The smallest absolute Gasteiger partial charge is 0.0210 e. The lowest BCUT2D eigenvalue weighted by atomic mass is 9.74. The molecule has 1 saturated carbocycles. The predicted molar refractivity (Wildman–Crippen MR) is 87.9 cm³/mol. The quantitative estimate of drug-likeness (QED) is 0.826. The van der Waals surface area contributed by atoms with E-state index in [-0.39, 0.29) is 0 Å². The molecule has 0 amide bonds. The van der Waals surface area contributed by atoms with Crippen molar-refractivity contribution in [3.8, 4) is 0 Å². The first-order valence-corrected chi connectivity index (χ1v) is 8.27. The molecule has 112 valence electrons. The lowest BCUT2D eigenvalue weighted by molar-refractivity contribution is 0.169. The van der Waals surface area contributed by atoms with Gasteiger partial charge in [0.05, 0.1) is 0 Å². The van der Waals surface area contributed by atoms with Crippen LogP contribution < -0.4 is 5.32 Å². The number of hydrogen-bond acceptors (Lipinski definition) is 1. The number of benzene rings is 1. The van der Waals surface area contributed by atoms with Crippen LogP contribution in [-0.4, -0.2) is 6.04 Å². The summed E-state index contributed by atoms with van der Waals surface area (Å²) < 4.78 is 0. The van der Waals surface area contributed by atoms with Gasteiger partial charge in [0.15, 0.2) is 0 Å². The highest BCUT2D eigenvalue weighted by Crippen LogP contribution is 2.33. The Balaban J connectivity index is 2.02. The standard InChI is InChI=1S/C19H31N/c1-13(2)18-10-9-14(3)11-19(18)20-12-17-8-6-7-15(4)16(17)5/h6-8,13-14,18-20H,9-12H2,1-5H3. The van der Waals surface area contributed by atoms with Gasteiger partial charge in [0.25, 0.3) is 0 Å². The van der Waals surface area contributed by atoms with Gasteiger partial charge in [-0.3, -0.25) is 0 Å². The third kappa shape index (κ3) is 3.63. The molecule has 1 heteroatoms. The molecule has 1 aliphatic rings. The summed E-state index contributed by atoms with van der Waals surface area (Å²) in [6, 6.07) is 7.35. The maximum Gasteiger partial charge on any atom is 0.0210 e. The highest BCUT2D eigenvalue weighted by molar-refractivity contribution is 5.33. The minimum Gasteiger partial charge on any atom is -0.310 e. The third-order valence-electron chi connectivity index (χ3n) is 5.29. The molecule has 1 nitrogen and oxygen atoms in total. The summed E-state index contributed by atoms with van der Waals surface area (Å²) in [5.74, 6) is 2.51.